The molecule has 1 aromatic carbocycles. The van der Waals surface area contributed by atoms with Gasteiger partial charge >= 0.3 is 0 Å². The van der Waals surface area contributed by atoms with Crippen LogP contribution < -0.4 is 14.8 Å². The summed E-state index contributed by atoms with van der Waals surface area (Å²) in [4.78, 5) is 0. The van der Waals surface area contributed by atoms with Crippen LogP contribution in [-0.4, -0.2) is 28.3 Å². The first kappa shape index (κ1) is 17.5. The van der Waals surface area contributed by atoms with Gasteiger partial charge in [0.25, 0.3) is 0 Å². The number of pyridine rings is 1. The number of aromatic nitrogens is 3. The van der Waals surface area contributed by atoms with Gasteiger partial charge in [0, 0.05) is 12.7 Å². The summed E-state index contributed by atoms with van der Waals surface area (Å²) in [5.41, 5.74) is 1.84. The number of rotatable bonds is 7. The molecular weight excluding hydrogens is 340 g/mol. The largest absolute Gasteiger partial charge is 0.491 e. The Morgan fingerprint density at radius 3 is 2.88 bits per heavy atom. The van der Waals surface area contributed by atoms with E-state index < -0.39 is 0 Å². The van der Waals surface area contributed by atoms with Crippen LogP contribution in [0, 0.1) is 0 Å². The highest BCUT2D eigenvalue weighted by molar-refractivity contribution is 6.32. The Labute approximate surface area is 151 Å². The predicted molar refractivity (Wildman–Crippen MR) is 97.4 cm³/mol. The zero-order chi connectivity index (χ0) is 17.8. The van der Waals surface area contributed by atoms with Gasteiger partial charge in [-0.2, -0.15) is 0 Å². The van der Waals surface area contributed by atoms with Crippen molar-refractivity contribution in [3.05, 3.63) is 52.9 Å². The molecule has 132 valence electrons. The molecule has 0 aliphatic carbocycles. The van der Waals surface area contributed by atoms with E-state index in [1.165, 1.54) is 0 Å². The molecule has 0 aliphatic rings. The quantitative estimate of drug-likeness (QED) is 0.697. The second-order valence-electron chi connectivity index (χ2n) is 5.63. The molecule has 0 saturated heterocycles. The average Bonchev–Trinajstić information content (AvgIpc) is 3.04. The Kier molecular flexibility index (Phi) is 5.40. The van der Waals surface area contributed by atoms with Crippen LogP contribution in [0.1, 0.15) is 31.3 Å². The minimum atomic E-state index is 0.0221. The third-order valence-corrected chi connectivity index (χ3v) is 4.19. The predicted octanol–water partition coefficient (Wildman–Crippen LogP) is 3.64. The van der Waals surface area contributed by atoms with E-state index in [-0.39, 0.29) is 6.04 Å². The Hall–Kier alpha value is -2.31. The second-order valence-corrected chi connectivity index (χ2v) is 6.04. The number of nitrogens with one attached hydrogen (secondary N) is 1. The minimum absolute atomic E-state index is 0.0221. The number of methoxy groups -OCH3 is 1. The third kappa shape index (κ3) is 3.70. The lowest BCUT2D eigenvalue weighted by Gasteiger charge is -2.15. The molecule has 0 aliphatic heterocycles. The van der Waals surface area contributed by atoms with Gasteiger partial charge in [-0.05, 0) is 43.7 Å². The second kappa shape index (κ2) is 7.72. The van der Waals surface area contributed by atoms with Gasteiger partial charge in [-0.3, -0.25) is 4.40 Å². The molecule has 0 saturated carbocycles. The first-order valence-electron chi connectivity index (χ1n) is 8.16. The van der Waals surface area contributed by atoms with Crippen molar-refractivity contribution in [2.45, 2.75) is 26.4 Å². The molecule has 0 amide bonds. The molecule has 2 heterocycles. The smallest absolute Gasteiger partial charge is 0.179 e. The van der Waals surface area contributed by atoms with Crippen molar-refractivity contribution in [2.75, 3.05) is 13.7 Å². The van der Waals surface area contributed by atoms with E-state index in [0.29, 0.717) is 29.7 Å². The van der Waals surface area contributed by atoms with Crippen molar-refractivity contribution in [1.82, 2.24) is 19.9 Å². The Bertz CT molecular complexity index is 865. The monoisotopic (exact) mass is 360 g/mol. The zero-order valence-corrected chi connectivity index (χ0v) is 15.2. The fraction of sp³-hybridized carbons (Fsp3) is 0.333. The molecule has 3 rings (SSSR count). The molecule has 0 radical (unpaired) electrons. The number of halogens is 1. The van der Waals surface area contributed by atoms with Crippen molar-refractivity contribution in [3.63, 3.8) is 0 Å². The number of hydrogen-bond acceptors (Lipinski definition) is 5. The molecule has 0 spiro atoms. The number of nitrogens with zero attached hydrogens (tertiary/aromatic N) is 3. The maximum Gasteiger partial charge on any atom is 0.179 e. The minimum Gasteiger partial charge on any atom is -0.491 e. The lowest BCUT2D eigenvalue weighted by atomic mass is 10.2. The average molecular weight is 361 g/mol. The van der Waals surface area contributed by atoms with Gasteiger partial charge in [-0.1, -0.05) is 17.7 Å². The lowest BCUT2D eigenvalue weighted by molar-refractivity contribution is 0.310. The topological polar surface area (TPSA) is 60.7 Å². The van der Waals surface area contributed by atoms with Crippen LogP contribution in [0.3, 0.4) is 0 Å². The Balaban J connectivity index is 1.76. The first-order chi connectivity index (χ1) is 12.1. The van der Waals surface area contributed by atoms with E-state index in [4.69, 9.17) is 21.1 Å². The lowest BCUT2D eigenvalue weighted by Crippen LogP contribution is -2.20. The SMILES string of the molecule is CCOc1cc(CNC(C)c2nnc3ccccn23)cc(Cl)c1OC. The molecular formula is C18H21ClN4O2. The number of ether oxygens (including phenoxy) is 2. The van der Waals surface area contributed by atoms with E-state index in [1.54, 1.807) is 7.11 Å². The van der Waals surface area contributed by atoms with E-state index in [1.807, 2.05) is 47.9 Å². The fourth-order valence-electron chi connectivity index (χ4n) is 2.70. The van der Waals surface area contributed by atoms with Crippen molar-refractivity contribution in [3.8, 4) is 11.5 Å². The maximum atomic E-state index is 6.30. The molecule has 3 aromatic rings. The van der Waals surface area contributed by atoms with E-state index in [2.05, 4.69) is 22.4 Å². The van der Waals surface area contributed by atoms with Crippen LogP contribution in [0.4, 0.5) is 0 Å². The highest BCUT2D eigenvalue weighted by Crippen LogP contribution is 2.36. The molecule has 1 N–H and O–H groups in total. The van der Waals surface area contributed by atoms with E-state index >= 15 is 0 Å². The van der Waals surface area contributed by atoms with E-state index in [9.17, 15) is 0 Å². The summed E-state index contributed by atoms with van der Waals surface area (Å²) in [6.07, 6.45) is 1.96. The molecule has 0 bridgehead atoms. The zero-order valence-electron chi connectivity index (χ0n) is 14.5. The van der Waals surface area contributed by atoms with Crippen LogP contribution in [0.5, 0.6) is 11.5 Å². The molecule has 1 atom stereocenters. The summed E-state index contributed by atoms with van der Waals surface area (Å²) < 4.78 is 12.9. The summed E-state index contributed by atoms with van der Waals surface area (Å²) in [7, 11) is 1.58. The summed E-state index contributed by atoms with van der Waals surface area (Å²) >= 11 is 6.30. The number of hydrogen-bond donors (Lipinski definition) is 1. The summed E-state index contributed by atoms with van der Waals surface area (Å²) in [6.45, 7) is 5.15. The standard InChI is InChI=1S/C18H21ClN4O2/c1-4-25-15-10-13(9-14(19)17(15)24-3)11-20-12(2)18-22-21-16-7-5-6-8-23(16)18/h5-10,12,20H,4,11H2,1-3H3. The van der Waals surface area contributed by atoms with Gasteiger partial charge in [0.15, 0.2) is 23.0 Å². The number of benzene rings is 1. The van der Waals surface area contributed by atoms with Crippen LogP contribution >= 0.6 is 11.6 Å². The maximum absolute atomic E-state index is 6.30. The Morgan fingerprint density at radius 2 is 2.12 bits per heavy atom. The summed E-state index contributed by atoms with van der Waals surface area (Å²) in [5, 5.41) is 12.4. The van der Waals surface area contributed by atoms with Crippen molar-refractivity contribution >= 4 is 17.2 Å². The van der Waals surface area contributed by atoms with Gasteiger partial charge < -0.3 is 14.8 Å². The van der Waals surface area contributed by atoms with Gasteiger partial charge in [0.1, 0.15) is 0 Å². The van der Waals surface area contributed by atoms with Crippen LogP contribution in [0.15, 0.2) is 36.5 Å². The van der Waals surface area contributed by atoms with Gasteiger partial charge in [0.05, 0.1) is 24.8 Å². The van der Waals surface area contributed by atoms with Crippen molar-refractivity contribution in [1.29, 1.82) is 0 Å². The van der Waals surface area contributed by atoms with Crippen molar-refractivity contribution < 1.29 is 9.47 Å². The molecule has 25 heavy (non-hydrogen) atoms. The van der Waals surface area contributed by atoms with Crippen LogP contribution in [0.2, 0.25) is 5.02 Å². The molecule has 7 heteroatoms. The number of fused-ring (bicyclic) bond motifs is 1. The van der Waals surface area contributed by atoms with Gasteiger partial charge in [0.2, 0.25) is 0 Å². The fourth-order valence-corrected chi connectivity index (χ4v) is 3.01. The van der Waals surface area contributed by atoms with Crippen LogP contribution in [-0.2, 0) is 6.54 Å². The van der Waals surface area contributed by atoms with E-state index in [0.717, 1.165) is 17.0 Å². The first-order valence-corrected chi connectivity index (χ1v) is 8.54. The summed E-state index contributed by atoms with van der Waals surface area (Å²) in [5.74, 6) is 2.07. The third-order valence-electron chi connectivity index (χ3n) is 3.91. The molecule has 2 aromatic heterocycles. The summed E-state index contributed by atoms with van der Waals surface area (Å²) in [6, 6.07) is 9.68. The highest BCUT2D eigenvalue weighted by Gasteiger charge is 2.15. The van der Waals surface area contributed by atoms with Crippen molar-refractivity contribution in [2.24, 2.45) is 0 Å². The molecule has 6 nitrogen and oxygen atoms in total. The molecule has 0 fully saturated rings. The van der Waals surface area contributed by atoms with Crippen LogP contribution in [0.25, 0.3) is 5.65 Å². The molecule has 1 unspecified atom stereocenters. The highest BCUT2D eigenvalue weighted by atomic mass is 35.5. The Morgan fingerprint density at radius 1 is 1.28 bits per heavy atom. The van der Waals surface area contributed by atoms with Gasteiger partial charge in [-0.25, -0.2) is 0 Å². The normalized spacial score (nSPS) is 12.3. The van der Waals surface area contributed by atoms with Gasteiger partial charge in [-0.15, -0.1) is 10.2 Å².